The van der Waals surface area contributed by atoms with E-state index in [0.29, 0.717) is 19.3 Å². The van der Waals surface area contributed by atoms with Crippen molar-refractivity contribution < 1.29 is 28.6 Å². The first-order valence-electron chi connectivity index (χ1n) is 29.3. The van der Waals surface area contributed by atoms with E-state index < -0.39 is 6.10 Å². The van der Waals surface area contributed by atoms with Crippen LogP contribution in [0.3, 0.4) is 0 Å². The molecule has 0 aliphatic rings. The van der Waals surface area contributed by atoms with E-state index in [-0.39, 0.29) is 37.5 Å². The van der Waals surface area contributed by atoms with Gasteiger partial charge >= 0.3 is 17.9 Å². The molecule has 0 saturated heterocycles. The average Bonchev–Trinajstić information content (AvgIpc) is 3.34. The molecule has 68 heavy (non-hydrogen) atoms. The minimum absolute atomic E-state index is 0.0945. The summed E-state index contributed by atoms with van der Waals surface area (Å²) in [5, 5.41) is 0. The Morgan fingerprint density at radius 3 is 0.985 bits per heavy atom. The first-order valence-corrected chi connectivity index (χ1v) is 29.3. The Kier molecular flexibility index (Phi) is 54.3. The molecule has 0 heterocycles. The molecule has 0 saturated carbocycles. The van der Waals surface area contributed by atoms with Crippen LogP contribution in [0.2, 0.25) is 0 Å². The molecular formula is C62H110O6. The summed E-state index contributed by atoms with van der Waals surface area (Å²) in [5.41, 5.74) is 0. The van der Waals surface area contributed by atoms with Crippen molar-refractivity contribution in [3.8, 4) is 0 Å². The van der Waals surface area contributed by atoms with Crippen LogP contribution >= 0.6 is 0 Å². The van der Waals surface area contributed by atoms with Crippen LogP contribution < -0.4 is 0 Å². The zero-order valence-electron chi connectivity index (χ0n) is 45.1. The van der Waals surface area contributed by atoms with Gasteiger partial charge in [0.2, 0.25) is 0 Å². The molecule has 1 unspecified atom stereocenters. The maximum atomic E-state index is 12.9. The lowest BCUT2D eigenvalue weighted by atomic mass is 10.0. The van der Waals surface area contributed by atoms with E-state index in [2.05, 4.69) is 75.5 Å². The number of hydrogen-bond acceptors (Lipinski definition) is 6. The van der Waals surface area contributed by atoms with Crippen molar-refractivity contribution >= 4 is 17.9 Å². The van der Waals surface area contributed by atoms with E-state index in [4.69, 9.17) is 14.2 Å². The van der Waals surface area contributed by atoms with Gasteiger partial charge in [0, 0.05) is 19.3 Å². The van der Waals surface area contributed by atoms with Crippen LogP contribution in [0, 0.1) is 0 Å². The van der Waals surface area contributed by atoms with Gasteiger partial charge < -0.3 is 14.2 Å². The quantitative estimate of drug-likeness (QED) is 0.0262. The lowest BCUT2D eigenvalue weighted by Gasteiger charge is -2.18. The number of unbranched alkanes of at least 4 members (excludes halogenated alkanes) is 32. The average molecular weight is 952 g/mol. The molecule has 0 radical (unpaired) electrons. The van der Waals surface area contributed by atoms with Gasteiger partial charge in [-0.2, -0.15) is 0 Å². The third-order valence-corrected chi connectivity index (χ3v) is 12.8. The molecule has 394 valence electrons. The number of allylic oxidation sites excluding steroid dienone is 10. The third-order valence-electron chi connectivity index (χ3n) is 12.8. The second-order valence-electron chi connectivity index (χ2n) is 19.5. The van der Waals surface area contributed by atoms with Crippen molar-refractivity contribution in [1.29, 1.82) is 0 Å². The summed E-state index contributed by atoms with van der Waals surface area (Å²) in [5.74, 6) is -0.968. The van der Waals surface area contributed by atoms with Crippen molar-refractivity contribution in [3.05, 3.63) is 60.8 Å². The lowest BCUT2D eigenvalue weighted by Crippen LogP contribution is -2.30. The Hall–Kier alpha value is -2.89. The highest BCUT2D eigenvalue weighted by atomic mass is 16.6. The van der Waals surface area contributed by atoms with Crippen LogP contribution in [0.4, 0.5) is 0 Å². The predicted octanol–water partition coefficient (Wildman–Crippen LogP) is 19.6. The smallest absolute Gasteiger partial charge is 0.306 e. The van der Waals surface area contributed by atoms with Crippen molar-refractivity contribution in [3.63, 3.8) is 0 Å². The highest BCUT2D eigenvalue weighted by Gasteiger charge is 2.19. The van der Waals surface area contributed by atoms with Crippen LogP contribution in [0.1, 0.15) is 297 Å². The largest absolute Gasteiger partial charge is 0.462 e. The summed E-state index contributed by atoms with van der Waals surface area (Å²) >= 11 is 0. The van der Waals surface area contributed by atoms with Gasteiger partial charge in [0.15, 0.2) is 6.10 Å². The zero-order valence-corrected chi connectivity index (χ0v) is 45.1. The molecule has 0 N–H and O–H groups in total. The molecule has 0 bridgehead atoms. The first-order chi connectivity index (χ1) is 33.5. The zero-order chi connectivity index (χ0) is 49.3. The highest BCUT2D eigenvalue weighted by Crippen LogP contribution is 2.16. The van der Waals surface area contributed by atoms with Gasteiger partial charge in [-0.25, -0.2) is 0 Å². The summed E-state index contributed by atoms with van der Waals surface area (Å²) < 4.78 is 16.8. The minimum Gasteiger partial charge on any atom is -0.462 e. The van der Waals surface area contributed by atoms with Crippen LogP contribution in [0.25, 0.3) is 0 Å². The third kappa shape index (κ3) is 54.1. The Balaban J connectivity index is 4.38. The molecule has 0 aromatic carbocycles. The van der Waals surface area contributed by atoms with Gasteiger partial charge in [0.1, 0.15) is 13.2 Å². The van der Waals surface area contributed by atoms with Gasteiger partial charge in [-0.1, -0.05) is 268 Å². The number of ether oxygens (including phenoxy) is 3. The SMILES string of the molecule is CC/C=C\C/C=C\C/C=C\C/C=C\CCC(=O)OCC(COC(=O)CCCCCCCCCCC/C=C\CCCCCCCC)OC(=O)CCCCCCCCCCCCCCCCCCCC. The fourth-order valence-corrected chi connectivity index (χ4v) is 8.39. The van der Waals surface area contributed by atoms with E-state index in [1.54, 1.807) is 0 Å². The monoisotopic (exact) mass is 951 g/mol. The molecule has 0 aromatic heterocycles. The topological polar surface area (TPSA) is 78.9 Å². The molecule has 6 nitrogen and oxygen atoms in total. The molecule has 0 aliphatic heterocycles. The summed E-state index contributed by atoms with van der Waals surface area (Å²) in [6, 6.07) is 0. The molecule has 6 heteroatoms. The Morgan fingerprint density at radius 1 is 0.309 bits per heavy atom. The number of carbonyl (C=O) groups excluding carboxylic acids is 3. The minimum atomic E-state index is -0.801. The number of hydrogen-bond donors (Lipinski definition) is 0. The molecule has 0 aliphatic carbocycles. The Morgan fingerprint density at radius 2 is 0.603 bits per heavy atom. The Labute approximate surface area is 421 Å². The molecule has 1 atom stereocenters. The summed E-state index contributed by atoms with van der Waals surface area (Å²) in [6.45, 7) is 6.49. The van der Waals surface area contributed by atoms with Crippen molar-refractivity contribution in [2.75, 3.05) is 13.2 Å². The summed E-state index contributed by atoms with van der Waals surface area (Å²) in [4.78, 5) is 38.1. The van der Waals surface area contributed by atoms with Crippen LogP contribution in [0.15, 0.2) is 60.8 Å². The van der Waals surface area contributed by atoms with Gasteiger partial charge in [-0.05, 0) is 70.6 Å². The van der Waals surface area contributed by atoms with E-state index >= 15 is 0 Å². The van der Waals surface area contributed by atoms with Gasteiger partial charge in [0.25, 0.3) is 0 Å². The second kappa shape index (κ2) is 56.7. The van der Waals surface area contributed by atoms with E-state index in [1.165, 1.54) is 186 Å². The Bertz CT molecular complexity index is 1230. The maximum absolute atomic E-state index is 12.9. The van der Waals surface area contributed by atoms with Crippen LogP contribution in [-0.4, -0.2) is 37.2 Å². The van der Waals surface area contributed by atoms with Crippen LogP contribution in [-0.2, 0) is 28.6 Å². The fourth-order valence-electron chi connectivity index (χ4n) is 8.39. The second-order valence-corrected chi connectivity index (χ2v) is 19.5. The van der Waals surface area contributed by atoms with Crippen molar-refractivity contribution in [1.82, 2.24) is 0 Å². The van der Waals surface area contributed by atoms with Crippen molar-refractivity contribution in [2.45, 2.75) is 303 Å². The van der Waals surface area contributed by atoms with Crippen LogP contribution in [0.5, 0.6) is 0 Å². The van der Waals surface area contributed by atoms with E-state index in [9.17, 15) is 14.4 Å². The molecule has 0 amide bonds. The fraction of sp³-hybridized carbons (Fsp3) is 0.790. The highest BCUT2D eigenvalue weighted by molar-refractivity contribution is 5.71. The molecule has 0 aromatic rings. The number of carbonyl (C=O) groups is 3. The van der Waals surface area contributed by atoms with E-state index in [1.807, 2.05) is 6.08 Å². The molecule has 0 rings (SSSR count). The molecule has 0 spiro atoms. The normalized spacial score (nSPS) is 12.5. The van der Waals surface area contributed by atoms with Gasteiger partial charge in [-0.3, -0.25) is 14.4 Å². The van der Waals surface area contributed by atoms with Gasteiger partial charge in [0.05, 0.1) is 0 Å². The standard InChI is InChI=1S/C62H110O6/c1-4-7-10-13-16-19-22-25-27-29-31-33-34-37-40-43-46-49-52-55-61(64)67-58-59(57-66-60(63)54-51-48-45-42-39-36-24-21-18-15-12-9-6-3)68-62(65)56-53-50-47-44-41-38-35-32-30-28-26-23-20-17-14-11-8-5-2/h9,12,18,21,25,27,36,39,45,48,59H,4-8,10-11,13-17,19-20,22-24,26,28-35,37-38,40-44,46-47,49-58H2,1-3H3/b12-9-,21-18-,27-25-,39-36-,48-45-. The molecule has 0 fully saturated rings. The molecular weight excluding hydrogens is 841 g/mol. The predicted molar refractivity (Wildman–Crippen MR) is 293 cm³/mol. The first kappa shape index (κ1) is 65.1. The summed E-state index contributed by atoms with van der Waals surface area (Å²) in [6.07, 6.45) is 70.9. The number of rotatable bonds is 53. The van der Waals surface area contributed by atoms with Crippen molar-refractivity contribution in [2.24, 2.45) is 0 Å². The van der Waals surface area contributed by atoms with Gasteiger partial charge in [-0.15, -0.1) is 0 Å². The maximum Gasteiger partial charge on any atom is 0.306 e. The number of esters is 3. The van der Waals surface area contributed by atoms with E-state index in [0.717, 1.165) is 64.2 Å². The lowest BCUT2D eigenvalue weighted by molar-refractivity contribution is -0.166. The summed E-state index contributed by atoms with van der Waals surface area (Å²) in [7, 11) is 0.